The SMILES string of the molecule is CCCC1C(=O)NC(=O)N(C2CCS(=O)(=O)C2)C1=O. The zero-order chi connectivity index (χ0) is 14.2. The molecule has 2 unspecified atom stereocenters. The topological polar surface area (TPSA) is 101 Å². The van der Waals surface area contributed by atoms with E-state index in [-0.39, 0.29) is 17.9 Å². The molecule has 0 saturated carbocycles. The zero-order valence-corrected chi connectivity index (χ0v) is 11.4. The fourth-order valence-corrected chi connectivity index (χ4v) is 4.20. The number of hydrogen-bond donors (Lipinski definition) is 1. The molecule has 7 nitrogen and oxygen atoms in total. The van der Waals surface area contributed by atoms with Crippen LogP contribution in [0.2, 0.25) is 0 Å². The molecule has 4 amide bonds. The summed E-state index contributed by atoms with van der Waals surface area (Å²) in [6, 6.07) is -1.45. The molecule has 0 radical (unpaired) electrons. The van der Waals surface area contributed by atoms with E-state index in [1.165, 1.54) is 0 Å². The Bertz CT molecular complexity index is 527. The summed E-state index contributed by atoms with van der Waals surface area (Å²) in [7, 11) is -3.19. The molecule has 2 rings (SSSR count). The highest BCUT2D eigenvalue weighted by Crippen LogP contribution is 2.24. The molecule has 1 N–H and O–H groups in total. The highest BCUT2D eigenvalue weighted by molar-refractivity contribution is 7.91. The number of barbiturate groups is 1. The second-order valence-electron chi connectivity index (χ2n) is 4.90. The van der Waals surface area contributed by atoms with Crippen LogP contribution in [0.1, 0.15) is 26.2 Å². The van der Waals surface area contributed by atoms with Gasteiger partial charge in [0, 0.05) is 0 Å². The number of amides is 4. The second-order valence-corrected chi connectivity index (χ2v) is 7.13. The predicted molar refractivity (Wildman–Crippen MR) is 65.8 cm³/mol. The van der Waals surface area contributed by atoms with E-state index in [1.807, 2.05) is 6.92 Å². The quantitative estimate of drug-likeness (QED) is 0.717. The molecule has 2 aliphatic rings. The molecule has 2 heterocycles. The standard InChI is InChI=1S/C11H16N2O5S/c1-2-3-8-9(14)12-11(16)13(10(8)15)7-4-5-19(17,18)6-7/h7-8H,2-6H2,1H3,(H,12,14,16). The largest absolute Gasteiger partial charge is 0.331 e. The number of carbonyl (C=O) groups is 3. The summed E-state index contributed by atoms with van der Waals surface area (Å²) in [5.41, 5.74) is 0. The molecule has 0 aromatic carbocycles. The van der Waals surface area contributed by atoms with Crippen molar-refractivity contribution < 1.29 is 22.8 Å². The van der Waals surface area contributed by atoms with Gasteiger partial charge in [0.05, 0.1) is 17.5 Å². The molecule has 19 heavy (non-hydrogen) atoms. The lowest BCUT2D eigenvalue weighted by Gasteiger charge is -2.33. The molecule has 2 saturated heterocycles. The molecule has 106 valence electrons. The van der Waals surface area contributed by atoms with Gasteiger partial charge in [0.2, 0.25) is 11.8 Å². The van der Waals surface area contributed by atoms with Crippen molar-refractivity contribution in [3.63, 3.8) is 0 Å². The molecule has 0 spiro atoms. The van der Waals surface area contributed by atoms with E-state index in [9.17, 15) is 22.8 Å². The maximum absolute atomic E-state index is 12.2. The summed E-state index contributed by atoms with van der Waals surface area (Å²) in [5.74, 6) is -2.28. The van der Waals surface area contributed by atoms with Gasteiger partial charge in [-0.1, -0.05) is 13.3 Å². The number of hydrogen-bond acceptors (Lipinski definition) is 5. The minimum absolute atomic E-state index is 0.0267. The minimum Gasteiger partial charge on any atom is -0.277 e. The smallest absolute Gasteiger partial charge is 0.277 e. The monoisotopic (exact) mass is 288 g/mol. The Balaban J connectivity index is 2.22. The molecule has 2 fully saturated rings. The summed E-state index contributed by atoms with van der Waals surface area (Å²) in [6.07, 6.45) is 1.23. The van der Waals surface area contributed by atoms with Crippen LogP contribution >= 0.6 is 0 Å². The Morgan fingerprint density at radius 2 is 2.00 bits per heavy atom. The van der Waals surface area contributed by atoms with E-state index < -0.39 is 39.6 Å². The van der Waals surface area contributed by atoms with Gasteiger partial charge in [0.15, 0.2) is 9.84 Å². The van der Waals surface area contributed by atoms with E-state index in [2.05, 4.69) is 5.32 Å². The first-order valence-corrected chi connectivity index (χ1v) is 8.06. The first kappa shape index (κ1) is 14.0. The Hall–Kier alpha value is -1.44. The average Bonchev–Trinajstić information content (AvgIpc) is 2.64. The Labute approximate surface area is 111 Å². The van der Waals surface area contributed by atoms with Gasteiger partial charge in [-0.15, -0.1) is 0 Å². The van der Waals surface area contributed by atoms with Crippen LogP contribution in [0.5, 0.6) is 0 Å². The fourth-order valence-electron chi connectivity index (χ4n) is 2.50. The molecule has 8 heteroatoms. The Morgan fingerprint density at radius 1 is 1.32 bits per heavy atom. The molecule has 0 bridgehead atoms. The summed E-state index contributed by atoms with van der Waals surface area (Å²) in [4.78, 5) is 36.4. The Kier molecular flexibility index (Phi) is 3.62. The van der Waals surface area contributed by atoms with Crippen LogP contribution in [0.4, 0.5) is 4.79 Å². The van der Waals surface area contributed by atoms with Gasteiger partial charge >= 0.3 is 6.03 Å². The van der Waals surface area contributed by atoms with Crippen LogP contribution in [0, 0.1) is 5.92 Å². The van der Waals surface area contributed by atoms with Crippen molar-refractivity contribution in [2.75, 3.05) is 11.5 Å². The third-order valence-electron chi connectivity index (χ3n) is 3.45. The van der Waals surface area contributed by atoms with Crippen molar-refractivity contribution >= 4 is 27.7 Å². The second kappa shape index (κ2) is 4.92. The zero-order valence-electron chi connectivity index (χ0n) is 10.6. The molecular formula is C11H16N2O5S. The number of imide groups is 2. The van der Waals surface area contributed by atoms with E-state index in [0.29, 0.717) is 12.8 Å². The van der Waals surface area contributed by atoms with Crippen LogP contribution < -0.4 is 5.32 Å². The van der Waals surface area contributed by atoms with Gasteiger partial charge < -0.3 is 0 Å². The van der Waals surface area contributed by atoms with Gasteiger partial charge in [-0.2, -0.15) is 0 Å². The van der Waals surface area contributed by atoms with Crippen LogP contribution in [0.15, 0.2) is 0 Å². The first-order chi connectivity index (χ1) is 8.85. The van der Waals surface area contributed by atoms with Crippen molar-refractivity contribution in [2.45, 2.75) is 32.2 Å². The van der Waals surface area contributed by atoms with Crippen molar-refractivity contribution in [3.8, 4) is 0 Å². The van der Waals surface area contributed by atoms with E-state index in [1.54, 1.807) is 0 Å². The lowest BCUT2D eigenvalue weighted by atomic mass is 9.98. The maximum Gasteiger partial charge on any atom is 0.331 e. The number of nitrogens with one attached hydrogen (secondary N) is 1. The highest BCUT2D eigenvalue weighted by atomic mass is 32.2. The number of rotatable bonds is 3. The summed E-state index contributed by atoms with van der Waals surface area (Å²) < 4.78 is 22.9. The normalized spacial score (nSPS) is 30.6. The average molecular weight is 288 g/mol. The third kappa shape index (κ3) is 2.63. The highest BCUT2D eigenvalue weighted by Gasteiger charge is 2.45. The van der Waals surface area contributed by atoms with E-state index in [0.717, 1.165) is 4.90 Å². The maximum atomic E-state index is 12.2. The number of urea groups is 1. The van der Waals surface area contributed by atoms with Crippen LogP contribution in [-0.4, -0.2) is 48.7 Å². The lowest BCUT2D eigenvalue weighted by molar-refractivity contribution is -0.144. The third-order valence-corrected chi connectivity index (χ3v) is 5.20. The number of nitrogens with zero attached hydrogens (tertiary/aromatic N) is 1. The molecule has 2 aliphatic heterocycles. The first-order valence-electron chi connectivity index (χ1n) is 6.24. The molecule has 0 aromatic rings. The predicted octanol–water partition coefficient (Wildman–Crippen LogP) is -0.332. The summed E-state index contributed by atoms with van der Waals surface area (Å²) in [5, 5.41) is 2.13. The van der Waals surface area contributed by atoms with Crippen molar-refractivity contribution in [3.05, 3.63) is 0 Å². The van der Waals surface area contributed by atoms with Crippen LogP contribution in [0.3, 0.4) is 0 Å². The molecule has 2 atom stereocenters. The molecule has 0 aliphatic carbocycles. The van der Waals surface area contributed by atoms with Crippen LogP contribution in [0.25, 0.3) is 0 Å². The van der Waals surface area contributed by atoms with Gasteiger partial charge in [-0.3, -0.25) is 19.8 Å². The van der Waals surface area contributed by atoms with Gasteiger partial charge in [-0.25, -0.2) is 13.2 Å². The lowest BCUT2D eigenvalue weighted by Crippen LogP contribution is -2.61. The molecule has 0 aromatic heterocycles. The van der Waals surface area contributed by atoms with Crippen molar-refractivity contribution in [2.24, 2.45) is 5.92 Å². The number of sulfone groups is 1. The minimum atomic E-state index is -3.19. The van der Waals surface area contributed by atoms with E-state index in [4.69, 9.17) is 0 Å². The Morgan fingerprint density at radius 3 is 2.53 bits per heavy atom. The summed E-state index contributed by atoms with van der Waals surface area (Å²) in [6.45, 7) is 1.83. The van der Waals surface area contributed by atoms with Crippen LogP contribution in [-0.2, 0) is 19.4 Å². The van der Waals surface area contributed by atoms with Gasteiger partial charge in [0.1, 0.15) is 5.92 Å². The summed E-state index contributed by atoms with van der Waals surface area (Å²) >= 11 is 0. The van der Waals surface area contributed by atoms with Gasteiger partial charge in [-0.05, 0) is 12.8 Å². The fraction of sp³-hybridized carbons (Fsp3) is 0.727. The van der Waals surface area contributed by atoms with E-state index >= 15 is 0 Å². The van der Waals surface area contributed by atoms with Crippen molar-refractivity contribution in [1.82, 2.24) is 10.2 Å². The molecular weight excluding hydrogens is 272 g/mol. The van der Waals surface area contributed by atoms with Crippen molar-refractivity contribution in [1.29, 1.82) is 0 Å². The number of carbonyl (C=O) groups excluding carboxylic acids is 3. The van der Waals surface area contributed by atoms with Gasteiger partial charge in [0.25, 0.3) is 0 Å².